The molecular weight excluding hydrogens is 239 g/mol. The molecule has 0 bridgehead atoms. The second kappa shape index (κ2) is 4.06. The molecule has 1 aromatic carbocycles. The average molecular weight is 248 g/mol. The van der Waals surface area contributed by atoms with Crippen LogP contribution in [0.3, 0.4) is 0 Å². The molecular formula is C9H8BrClO. The number of carbonyl (C=O) groups excluding carboxylic acids is 1. The number of hydrogen-bond donors (Lipinski definition) is 0. The standard InChI is InChI=1S/C9H8BrClO/c1-2-8(12)6-4-3-5-7(10)9(6)11/h3-5H,2H2,1H3. The minimum atomic E-state index is 0.0706. The lowest BCUT2D eigenvalue weighted by Gasteiger charge is -2.02. The third kappa shape index (κ3) is 1.87. The van der Waals surface area contributed by atoms with E-state index in [1.54, 1.807) is 12.1 Å². The molecule has 64 valence electrons. The van der Waals surface area contributed by atoms with Gasteiger partial charge in [0.2, 0.25) is 0 Å². The summed E-state index contributed by atoms with van der Waals surface area (Å²) < 4.78 is 0.767. The smallest absolute Gasteiger partial charge is 0.164 e. The zero-order valence-electron chi connectivity index (χ0n) is 6.60. The van der Waals surface area contributed by atoms with Crippen molar-refractivity contribution in [3.8, 4) is 0 Å². The van der Waals surface area contributed by atoms with E-state index < -0.39 is 0 Å². The fourth-order valence-electron chi connectivity index (χ4n) is 0.910. The Hall–Kier alpha value is -0.340. The molecule has 0 atom stereocenters. The zero-order chi connectivity index (χ0) is 9.14. The summed E-state index contributed by atoms with van der Waals surface area (Å²) >= 11 is 9.16. The van der Waals surface area contributed by atoms with Gasteiger partial charge in [0, 0.05) is 16.5 Å². The van der Waals surface area contributed by atoms with Gasteiger partial charge in [-0.3, -0.25) is 4.79 Å². The van der Waals surface area contributed by atoms with Crippen molar-refractivity contribution in [2.24, 2.45) is 0 Å². The van der Waals surface area contributed by atoms with E-state index in [4.69, 9.17) is 11.6 Å². The highest BCUT2D eigenvalue weighted by Gasteiger charge is 2.09. The van der Waals surface area contributed by atoms with Crippen molar-refractivity contribution in [3.05, 3.63) is 33.3 Å². The number of carbonyl (C=O) groups is 1. The molecule has 0 aromatic heterocycles. The van der Waals surface area contributed by atoms with Gasteiger partial charge in [-0.05, 0) is 28.1 Å². The molecule has 0 aliphatic carbocycles. The Labute approximate surface area is 84.9 Å². The number of hydrogen-bond acceptors (Lipinski definition) is 1. The third-order valence-electron chi connectivity index (χ3n) is 1.57. The monoisotopic (exact) mass is 246 g/mol. The summed E-state index contributed by atoms with van der Waals surface area (Å²) in [6, 6.07) is 5.35. The van der Waals surface area contributed by atoms with E-state index in [1.165, 1.54) is 0 Å². The van der Waals surface area contributed by atoms with Crippen molar-refractivity contribution in [2.75, 3.05) is 0 Å². The Morgan fingerprint density at radius 3 is 2.83 bits per heavy atom. The summed E-state index contributed by atoms with van der Waals surface area (Å²) in [6.45, 7) is 1.82. The highest BCUT2D eigenvalue weighted by Crippen LogP contribution is 2.26. The van der Waals surface area contributed by atoms with Gasteiger partial charge in [0.1, 0.15) is 0 Å². The molecule has 12 heavy (non-hydrogen) atoms. The molecule has 0 saturated heterocycles. The molecule has 1 nitrogen and oxygen atoms in total. The largest absolute Gasteiger partial charge is 0.294 e. The summed E-state index contributed by atoms with van der Waals surface area (Å²) in [7, 11) is 0. The van der Waals surface area contributed by atoms with Crippen LogP contribution in [0.2, 0.25) is 5.02 Å². The van der Waals surface area contributed by atoms with Gasteiger partial charge >= 0.3 is 0 Å². The van der Waals surface area contributed by atoms with Crippen LogP contribution in [-0.4, -0.2) is 5.78 Å². The van der Waals surface area contributed by atoms with Crippen LogP contribution in [0.4, 0.5) is 0 Å². The summed E-state index contributed by atoms with van der Waals surface area (Å²) in [6.07, 6.45) is 0.482. The minimum absolute atomic E-state index is 0.0706. The number of ketones is 1. The van der Waals surface area contributed by atoms with E-state index in [0.29, 0.717) is 17.0 Å². The fourth-order valence-corrected chi connectivity index (χ4v) is 1.51. The fraction of sp³-hybridized carbons (Fsp3) is 0.222. The molecule has 1 aromatic rings. The number of halogens is 2. The van der Waals surface area contributed by atoms with Crippen LogP contribution < -0.4 is 0 Å². The Balaban J connectivity index is 3.16. The van der Waals surface area contributed by atoms with Crippen LogP contribution in [0.15, 0.2) is 22.7 Å². The first-order chi connectivity index (χ1) is 5.66. The summed E-state index contributed by atoms with van der Waals surface area (Å²) in [5.41, 5.74) is 0.591. The molecule has 0 unspecified atom stereocenters. The van der Waals surface area contributed by atoms with E-state index in [9.17, 15) is 4.79 Å². The molecule has 0 radical (unpaired) electrons. The van der Waals surface area contributed by atoms with E-state index in [0.717, 1.165) is 4.47 Å². The van der Waals surface area contributed by atoms with Gasteiger partial charge in [0.15, 0.2) is 5.78 Å². The first-order valence-electron chi connectivity index (χ1n) is 3.64. The van der Waals surface area contributed by atoms with Gasteiger partial charge in [-0.1, -0.05) is 24.6 Å². The predicted octanol–water partition coefficient (Wildman–Crippen LogP) is 3.70. The second-order valence-corrected chi connectivity index (χ2v) is 3.61. The van der Waals surface area contributed by atoms with Gasteiger partial charge in [-0.2, -0.15) is 0 Å². The maximum absolute atomic E-state index is 11.3. The molecule has 0 spiro atoms. The highest BCUT2D eigenvalue weighted by molar-refractivity contribution is 9.10. The quantitative estimate of drug-likeness (QED) is 0.728. The lowest BCUT2D eigenvalue weighted by Crippen LogP contribution is -1.97. The maximum Gasteiger partial charge on any atom is 0.164 e. The number of Topliss-reactive ketones (excluding diaryl/α,β-unsaturated/α-hetero) is 1. The van der Waals surface area contributed by atoms with E-state index in [-0.39, 0.29) is 5.78 Å². The molecule has 0 heterocycles. The molecule has 1 rings (SSSR count). The van der Waals surface area contributed by atoms with Crippen LogP contribution in [0.1, 0.15) is 23.7 Å². The Morgan fingerprint density at radius 1 is 1.58 bits per heavy atom. The molecule has 0 aliphatic heterocycles. The molecule has 0 fully saturated rings. The van der Waals surface area contributed by atoms with Crippen molar-refractivity contribution in [1.29, 1.82) is 0 Å². The lowest BCUT2D eigenvalue weighted by atomic mass is 10.1. The average Bonchev–Trinajstić information content (AvgIpc) is 2.08. The summed E-state index contributed by atoms with van der Waals surface area (Å²) in [4.78, 5) is 11.3. The van der Waals surface area contributed by atoms with Crippen molar-refractivity contribution in [1.82, 2.24) is 0 Å². The van der Waals surface area contributed by atoms with Gasteiger partial charge in [0.25, 0.3) is 0 Å². The van der Waals surface area contributed by atoms with Crippen LogP contribution in [0, 0.1) is 0 Å². The van der Waals surface area contributed by atoms with Gasteiger partial charge < -0.3 is 0 Å². The lowest BCUT2D eigenvalue weighted by molar-refractivity contribution is 0.0988. The van der Waals surface area contributed by atoms with E-state index >= 15 is 0 Å². The normalized spacial score (nSPS) is 9.92. The van der Waals surface area contributed by atoms with Gasteiger partial charge in [-0.15, -0.1) is 0 Å². The Morgan fingerprint density at radius 2 is 2.25 bits per heavy atom. The SMILES string of the molecule is CCC(=O)c1cccc(Br)c1Cl. The zero-order valence-corrected chi connectivity index (χ0v) is 8.95. The van der Waals surface area contributed by atoms with Crippen LogP contribution in [-0.2, 0) is 0 Å². The molecule has 0 saturated carbocycles. The molecule has 3 heteroatoms. The van der Waals surface area contributed by atoms with Crippen LogP contribution in [0.5, 0.6) is 0 Å². The number of benzene rings is 1. The second-order valence-electron chi connectivity index (χ2n) is 2.38. The molecule has 0 amide bonds. The summed E-state index contributed by atoms with van der Waals surface area (Å²) in [5.74, 6) is 0.0706. The first-order valence-corrected chi connectivity index (χ1v) is 4.81. The van der Waals surface area contributed by atoms with E-state index in [1.807, 2.05) is 13.0 Å². The van der Waals surface area contributed by atoms with Gasteiger partial charge in [0.05, 0.1) is 5.02 Å². The molecule has 0 aliphatic rings. The van der Waals surface area contributed by atoms with E-state index in [2.05, 4.69) is 15.9 Å². The van der Waals surface area contributed by atoms with Crippen molar-refractivity contribution < 1.29 is 4.79 Å². The number of rotatable bonds is 2. The topological polar surface area (TPSA) is 17.1 Å². The van der Waals surface area contributed by atoms with Crippen molar-refractivity contribution in [3.63, 3.8) is 0 Å². The Kier molecular flexibility index (Phi) is 3.29. The third-order valence-corrected chi connectivity index (χ3v) is 2.87. The van der Waals surface area contributed by atoms with Crippen molar-refractivity contribution in [2.45, 2.75) is 13.3 Å². The Bertz CT molecular complexity index is 309. The highest BCUT2D eigenvalue weighted by atomic mass is 79.9. The maximum atomic E-state index is 11.3. The van der Waals surface area contributed by atoms with Crippen LogP contribution in [0.25, 0.3) is 0 Å². The van der Waals surface area contributed by atoms with Crippen molar-refractivity contribution >= 4 is 33.3 Å². The van der Waals surface area contributed by atoms with Crippen LogP contribution >= 0.6 is 27.5 Å². The molecule has 0 N–H and O–H groups in total. The first kappa shape index (κ1) is 9.75. The summed E-state index contributed by atoms with van der Waals surface area (Å²) in [5, 5.41) is 0.504. The van der Waals surface area contributed by atoms with Gasteiger partial charge in [-0.25, -0.2) is 0 Å². The minimum Gasteiger partial charge on any atom is -0.294 e. The predicted molar refractivity (Wildman–Crippen MR) is 53.8 cm³/mol.